The molecule has 2 fully saturated rings. The van der Waals surface area contributed by atoms with Crippen LogP contribution in [-0.4, -0.2) is 12.2 Å². The lowest BCUT2D eigenvalue weighted by molar-refractivity contribution is 0.193. The zero-order valence-electron chi connectivity index (χ0n) is 9.34. The molecule has 0 radical (unpaired) electrons. The Morgan fingerprint density at radius 3 is 2.77 bits per heavy atom. The van der Waals surface area contributed by atoms with Gasteiger partial charge in [0, 0.05) is 0 Å². The molecule has 0 aromatic rings. The third kappa shape index (κ3) is 1.52. The third-order valence-electron chi connectivity index (χ3n) is 4.21. The van der Waals surface area contributed by atoms with Crippen molar-refractivity contribution in [2.45, 2.75) is 59.2 Å². The summed E-state index contributed by atoms with van der Waals surface area (Å²) in [4.78, 5) is 0. The Kier molecular flexibility index (Phi) is 2.18. The molecular formula is C12H22O. The lowest BCUT2D eigenvalue weighted by Gasteiger charge is -2.32. The zero-order valence-corrected chi connectivity index (χ0v) is 9.34. The molecule has 2 aliphatic rings. The molecule has 1 nitrogen and oxygen atoms in total. The van der Waals surface area contributed by atoms with Gasteiger partial charge in [-0.05, 0) is 30.1 Å². The predicted octanol–water partition coefficient (Wildman–Crippen LogP) is 3.24. The van der Waals surface area contributed by atoms with Crippen LogP contribution in [0.15, 0.2) is 0 Å². The molecule has 0 aromatic heterocycles. The molecule has 13 heavy (non-hydrogen) atoms. The summed E-state index contributed by atoms with van der Waals surface area (Å²) in [6.45, 7) is 9.37. The number of ether oxygens (including phenoxy) is 1. The van der Waals surface area contributed by atoms with Gasteiger partial charge in [-0.15, -0.1) is 0 Å². The molecule has 0 aromatic carbocycles. The van der Waals surface area contributed by atoms with E-state index in [1.165, 1.54) is 19.3 Å². The lowest BCUT2D eigenvalue weighted by Crippen LogP contribution is -2.33. The second kappa shape index (κ2) is 2.98. The monoisotopic (exact) mass is 182 g/mol. The van der Waals surface area contributed by atoms with Gasteiger partial charge in [0.25, 0.3) is 0 Å². The van der Waals surface area contributed by atoms with Gasteiger partial charge in [-0.2, -0.15) is 0 Å². The molecule has 1 saturated heterocycles. The van der Waals surface area contributed by atoms with Crippen LogP contribution in [0.2, 0.25) is 0 Å². The Labute approximate surface area is 81.9 Å². The van der Waals surface area contributed by atoms with E-state index in [0.717, 1.165) is 11.8 Å². The molecule has 0 N–H and O–H groups in total. The van der Waals surface area contributed by atoms with Gasteiger partial charge in [-0.3, -0.25) is 0 Å². The quantitative estimate of drug-likeness (QED) is 0.597. The normalized spacial score (nSPS) is 43.8. The Morgan fingerprint density at radius 2 is 2.15 bits per heavy atom. The zero-order chi connectivity index (χ0) is 9.64. The van der Waals surface area contributed by atoms with Gasteiger partial charge in [0.05, 0.1) is 12.2 Å². The maximum atomic E-state index is 5.83. The maximum absolute atomic E-state index is 5.83. The van der Waals surface area contributed by atoms with Crippen LogP contribution in [0.4, 0.5) is 0 Å². The molecule has 0 spiro atoms. The molecule has 1 aliphatic carbocycles. The van der Waals surface area contributed by atoms with Gasteiger partial charge in [0.1, 0.15) is 0 Å². The molecule has 76 valence electrons. The largest absolute Gasteiger partial charge is 0.369 e. The first kappa shape index (κ1) is 9.51. The number of hydrogen-bond acceptors (Lipinski definition) is 1. The van der Waals surface area contributed by atoms with Crippen LogP contribution >= 0.6 is 0 Å². The van der Waals surface area contributed by atoms with Crippen LogP contribution in [0.5, 0.6) is 0 Å². The standard InChI is InChI=1S/C12H22O/c1-5-8(2)9-6-7-12(3,4)11-10(9)13-11/h8-11H,5-7H2,1-4H3. The average molecular weight is 182 g/mol. The van der Waals surface area contributed by atoms with Crippen LogP contribution in [-0.2, 0) is 4.74 Å². The molecule has 1 aliphatic heterocycles. The van der Waals surface area contributed by atoms with E-state index in [0.29, 0.717) is 17.6 Å². The topological polar surface area (TPSA) is 12.5 Å². The summed E-state index contributed by atoms with van der Waals surface area (Å²) in [7, 11) is 0. The number of rotatable bonds is 2. The Morgan fingerprint density at radius 1 is 1.46 bits per heavy atom. The summed E-state index contributed by atoms with van der Waals surface area (Å²) in [5, 5.41) is 0. The highest BCUT2D eigenvalue weighted by Gasteiger charge is 2.56. The van der Waals surface area contributed by atoms with E-state index in [4.69, 9.17) is 4.74 Å². The van der Waals surface area contributed by atoms with Crippen molar-refractivity contribution in [3.8, 4) is 0 Å². The van der Waals surface area contributed by atoms with E-state index in [2.05, 4.69) is 27.7 Å². The minimum atomic E-state index is 0.453. The SMILES string of the molecule is CCC(C)C1CCC(C)(C)C2OC12. The van der Waals surface area contributed by atoms with Gasteiger partial charge >= 0.3 is 0 Å². The van der Waals surface area contributed by atoms with E-state index >= 15 is 0 Å². The summed E-state index contributed by atoms with van der Waals surface area (Å²) in [6.07, 6.45) is 5.23. The fourth-order valence-corrected chi connectivity index (χ4v) is 2.83. The Bertz CT molecular complexity index is 197. The molecule has 4 atom stereocenters. The van der Waals surface area contributed by atoms with Crippen molar-refractivity contribution in [1.29, 1.82) is 0 Å². The van der Waals surface area contributed by atoms with Crippen molar-refractivity contribution < 1.29 is 4.74 Å². The summed E-state index contributed by atoms with van der Waals surface area (Å²) < 4.78 is 5.83. The second-order valence-electron chi connectivity index (χ2n) is 5.60. The molecule has 1 heteroatoms. The van der Waals surface area contributed by atoms with Crippen LogP contribution in [0.1, 0.15) is 47.0 Å². The van der Waals surface area contributed by atoms with Crippen molar-refractivity contribution in [3.05, 3.63) is 0 Å². The van der Waals surface area contributed by atoms with E-state index in [1.807, 2.05) is 0 Å². The summed E-state index contributed by atoms with van der Waals surface area (Å²) in [5.74, 6) is 1.70. The van der Waals surface area contributed by atoms with Crippen LogP contribution in [0, 0.1) is 17.3 Å². The molecular weight excluding hydrogens is 160 g/mol. The first-order chi connectivity index (χ1) is 6.06. The highest BCUT2D eigenvalue weighted by atomic mass is 16.6. The van der Waals surface area contributed by atoms with Gasteiger partial charge in [-0.1, -0.05) is 34.1 Å². The smallest absolute Gasteiger partial charge is 0.0895 e. The van der Waals surface area contributed by atoms with Crippen molar-refractivity contribution in [3.63, 3.8) is 0 Å². The number of epoxide rings is 1. The lowest BCUT2D eigenvalue weighted by atomic mass is 9.69. The first-order valence-electron chi connectivity index (χ1n) is 5.71. The van der Waals surface area contributed by atoms with E-state index < -0.39 is 0 Å². The first-order valence-corrected chi connectivity index (χ1v) is 5.71. The summed E-state index contributed by atoms with van der Waals surface area (Å²) >= 11 is 0. The average Bonchev–Trinajstić information content (AvgIpc) is 2.84. The van der Waals surface area contributed by atoms with Crippen molar-refractivity contribution >= 4 is 0 Å². The van der Waals surface area contributed by atoms with Crippen molar-refractivity contribution in [1.82, 2.24) is 0 Å². The van der Waals surface area contributed by atoms with Crippen LogP contribution in [0.25, 0.3) is 0 Å². The van der Waals surface area contributed by atoms with E-state index in [1.54, 1.807) is 0 Å². The van der Waals surface area contributed by atoms with E-state index in [9.17, 15) is 0 Å². The molecule has 1 heterocycles. The van der Waals surface area contributed by atoms with Gasteiger partial charge in [0.2, 0.25) is 0 Å². The number of hydrogen-bond donors (Lipinski definition) is 0. The van der Waals surface area contributed by atoms with Gasteiger partial charge in [0.15, 0.2) is 0 Å². The Hall–Kier alpha value is -0.0400. The van der Waals surface area contributed by atoms with E-state index in [-0.39, 0.29) is 0 Å². The summed E-state index contributed by atoms with van der Waals surface area (Å²) in [6, 6.07) is 0. The number of fused-ring (bicyclic) bond motifs is 1. The van der Waals surface area contributed by atoms with Gasteiger partial charge in [-0.25, -0.2) is 0 Å². The predicted molar refractivity (Wildman–Crippen MR) is 54.6 cm³/mol. The molecule has 0 amide bonds. The summed E-state index contributed by atoms with van der Waals surface area (Å²) in [5.41, 5.74) is 0.453. The second-order valence-corrected chi connectivity index (χ2v) is 5.60. The fourth-order valence-electron chi connectivity index (χ4n) is 2.83. The highest BCUT2D eigenvalue weighted by molar-refractivity contribution is 5.04. The molecule has 2 rings (SSSR count). The maximum Gasteiger partial charge on any atom is 0.0895 e. The minimum Gasteiger partial charge on any atom is -0.369 e. The molecule has 0 bridgehead atoms. The third-order valence-corrected chi connectivity index (χ3v) is 4.21. The fraction of sp³-hybridized carbons (Fsp3) is 1.00. The Balaban J connectivity index is 1.99. The highest BCUT2D eigenvalue weighted by Crippen LogP contribution is 2.53. The van der Waals surface area contributed by atoms with Crippen molar-refractivity contribution in [2.24, 2.45) is 17.3 Å². The molecule has 1 saturated carbocycles. The van der Waals surface area contributed by atoms with Crippen LogP contribution < -0.4 is 0 Å². The molecule has 4 unspecified atom stereocenters. The van der Waals surface area contributed by atoms with Gasteiger partial charge < -0.3 is 4.74 Å². The minimum absolute atomic E-state index is 0.453. The van der Waals surface area contributed by atoms with Crippen LogP contribution in [0.3, 0.4) is 0 Å². The van der Waals surface area contributed by atoms with Crippen molar-refractivity contribution in [2.75, 3.05) is 0 Å².